The minimum atomic E-state index is -0.678. The van der Waals surface area contributed by atoms with E-state index >= 15 is 0 Å². The molecule has 0 unspecified atom stereocenters. The minimum absolute atomic E-state index is 0.349. The first kappa shape index (κ1) is 15.6. The van der Waals surface area contributed by atoms with Gasteiger partial charge in [0.2, 0.25) is 0 Å². The molecule has 1 saturated carbocycles. The lowest BCUT2D eigenvalue weighted by atomic mass is 9.78. The maximum atomic E-state index is 11.3. The van der Waals surface area contributed by atoms with E-state index in [9.17, 15) is 9.90 Å². The van der Waals surface area contributed by atoms with E-state index in [1.54, 1.807) is 0 Å². The van der Waals surface area contributed by atoms with Crippen LogP contribution in [-0.4, -0.2) is 29.4 Å². The lowest BCUT2D eigenvalue weighted by Gasteiger charge is -2.32. The van der Waals surface area contributed by atoms with Crippen molar-refractivity contribution in [2.45, 2.75) is 58.2 Å². The van der Waals surface area contributed by atoms with Crippen molar-refractivity contribution < 1.29 is 19.2 Å². The summed E-state index contributed by atoms with van der Waals surface area (Å²) in [6, 6.07) is 7.94. The van der Waals surface area contributed by atoms with E-state index in [1.807, 2.05) is 52.0 Å². The summed E-state index contributed by atoms with van der Waals surface area (Å²) in [4.78, 5) is 11.3. The zero-order valence-corrected chi connectivity index (χ0v) is 13.7. The summed E-state index contributed by atoms with van der Waals surface area (Å²) in [5.41, 5.74) is 0.809. The second kappa shape index (κ2) is 4.83. The lowest BCUT2D eigenvalue weighted by Crippen LogP contribution is -2.41. The van der Waals surface area contributed by atoms with Crippen LogP contribution in [0.3, 0.4) is 0 Å². The first-order valence-electron chi connectivity index (χ1n) is 7.83. The molecule has 0 bridgehead atoms. The van der Waals surface area contributed by atoms with Crippen LogP contribution in [0.25, 0.3) is 0 Å². The normalized spacial score (nSPS) is 24.3. The molecule has 1 aromatic carbocycles. The topological polar surface area (TPSA) is 55.8 Å². The van der Waals surface area contributed by atoms with Crippen LogP contribution in [0, 0.1) is 5.41 Å². The molecule has 2 aliphatic rings. The van der Waals surface area contributed by atoms with Crippen LogP contribution in [-0.2, 0) is 20.5 Å². The third-order valence-corrected chi connectivity index (χ3v) is 5.35. The summed E-state index contributed by atoms with van der Waals surface area (Å²) < 4.78 is 12.1. The Bertz CT molecular complexity index is 571. The molecule has 1 heterocycles. The quantitative estimate of drug-likeness (QED) is 0.868. The summed E-state index contributed by atoms with van der Waals surface area (Å²) >= 11 is 0. The van der Waals surface area contributed by atoms with Gasteiger partial charge in [-0.2, -0.15) is 0 Å². The highest BCUT2D eigenvalue weighted by Gasteiger charge is 2.52. The molecule has 0 spiro atoms. The summed E-state index contributed by atoms with van der Waals surface area (Å²) in [5.74, 6) is -0.678. The lowest BCUT2D eigenvalue weighted by molar-refractivity contribution is -0.143. The second-order valence-corrected chi connectivity index (χ2v) is 7.59. The highest BCUT2D eigenvalue weighted by Crippen LogP contribution is 2.48. The van der Waals surface area contributed by atoms with Crippen LogP contribution in [0.2, 0.25) is 0 Å². The zero-order valence-electron chi connectivity index (χ0n) is 13.7. The van der Waals surface area contributed by atoms with Gasteiger partial charge in [-0.25, -0.2) is 0 Å². The van der Waals surface area contributed by atoms with Gasteiger partial charge in [0, 0.05) is 0 Å². The molecule has 0 atom stereocenters. The SMILES string of the molecule is CC1(C)OB(c2ccc(CC3(C(=O)O)CC3)cc2)OC1(C)C. The van der Waals surface area contributed by atoms with Gasteiger partial charge in [0.15, 0.2) is 0 Å². The molecule has 0 aromatic heterocycles. The molecule has 1 N–H and O–H groups in total. The highest BCUT2D eigenvalue weighted by molar-refractivity contribution is 6.62. The summed E-state index contributed by atoms with van der Waals surface area (Å²) in [5, 5.41) is 9.27. The van der Waals surface area contributed by atoms with E-state index in [1.165, 1.54) is 0 Å². The number of carboxylic acids is 1. The summed E-state index contributed by atoms with van der Waals surface area (Å²) in [7, 11) is -0.367. The summed E-state index contributed by atoms with van der Waals surface area (Å²) in [6.45, 7) is 8.13. The van der Waals surface area contributed by atoms with Crippen molar-refractivity contribution in [2.24, 2.45) is 5.41 Å². The van der Waals surface area contributed by atoms with Crippen molar-refractivity contribution in [3.8, 4) is 0 Å². The smallest absolute Gasteiger partial charge is 0.481 e. The molecular weight excluding hydrogens is 279 g/mol. The standard InChI is InChI=1S/C17H23BO4/c1-15(2)16(3,4)22-18(21-15)13-7-5-12(6-8-13)11-17(9-10-17)14(19)20/h5-8H,9-11H2,1-4H3,(H,19,20). The Morgan fingerprint density at radius 3 is 2.00 bits per heavy atom. The van der Waals surface area contributed by atoms with Crippen molar-refractivity contribution in [3.63, 3.8) is 0 Å². The van der Waals surface area contributed by atoms with Crippen LogP contribution in [0.15, 0.2) is 24.3 Å². The highest BCUT2D eigenvalue weighted by atomic mass is 16.7. The maximum absolute atomic E-state index is 11.3. The van der Waals surface area contributed by atoms with Gasteiger partial charge in [-0.15, -0.1) is 0 Å². The average Bonchev–Trinajstić information content (AvgIpc) is 3.14. The van der Waals surface area contributed by atoms with Crippen molar-refractivity contribution in [1.82, 2.24) is 0 Å². The predicted octanol–water partition coefficient (Wildman–Crippen LogP) is 2.39. The Balaban J connectivity index is 1.72. The van der Waals surface area contributed by atoms with Gasteiger partial charge < -0.3 is 14.4 Å². The Labute approximate surface area is 132 Å². The van der Waals surface area contributed by atoms with Gasteiger partial charge in [-0.05, 0) is 58.0 Å². The second-order valence-electron chi connectivity index (χ2n) is 7.59. The fourth-order valence-electron chi connectivity index (χ4n) is 2.78. The van der Waals surface area contributed by atoms with Crippen LogP contribution in [0.5, 0.6) is 0 Å². The number of hydrogen-bond acceptors (Lipinski definition) is 3. The number of carbonyl (C=O) groups is 1. The fourth-order valence-corrected chi connectivity index (χ4v) is 2.78. The molecular formula is C17H23BO4. The molecule has 0 radical (unpaired) electrons. The van der Waals surface area contributed by atoms with Crippen molar-refractivity contribution in [1.29, 1.82) is 0 Å². The first-order valence-corrected chi connectivity index (χ1v) is 7.83. The monoisotopic (exact) mass is 302 g/mol. The van der Waals surface area contributed by atoms with Crippen LogP contribution >= 0.6 is 0 Å². The minimum Gasteiger partial charge on any atom is -0.481 e. The Morgan fingerprint density at radius 2 is 1.59 bits per heavy atom. The zero-order chi connectivity index (χ0) is 16.2. The molecule has 3 rings (SSSR count). The van der Waals surface area contributed by atoms with Crippen molar-refractivity contribution >= 4 is 18.6 Å². The molecule has 1 aliphatic heterocycles. The predicted molar refractivity (Wildman–Crippen MR) is 85.2 cm³/mol. The largest absolute Gasteiger partial charge is 0.494 e. The fraction of sp³-hybridized carbons (Fsp3) is 0.588. The van der Waals surface area contributed by atoms with E-state index in [0.29, 0.717) is 6.42 Å². The average molecular weight is 302 g/mol. The molecule has 118 valence electrons. The third-order valence-electron chi connectivity index (χ3n) is 5.35. The van der Waals surface area contributed by atoms with Crippen LogP contribution in [0.4, 0.5) is 0 Å². The van der Waals surface area contributed by atoms with Crippen LogP contribution < -0.4 is 5.46 Å². The number of carboxylic acid groups (broad SMARTS) is 1. The van der Waals surface area contributed by atoms with E-state index < -0.39 is 11.4 Å². The molecule has 1 saturated heterocycles. The Morgan fingerprint density at radius 1 is 1.09 bits per heavy atom. The Kier molecular flexibility index (Phi) is 3.42. The molecule has 2 fully saturated rings. The van der Waals surface area contributed by atoms with Gasteiger partial charge in [-0.3, -0.25) is 4.79 Å². The van der Waals surface area contributed by atoms with E-state index in [0.717, 1.165) is 23.9 Å². The van der Waals surface area contributed by atoms with Crippen LogP contribution in [0.1, 0.15) is 46.1 Å². The van der Waals surface area contributed by atoms with Gasteiger partial charge in [-0.1, -0.05) is 24.3 Å². The third kappa shape index (κ3) is 2.57. The summed E-state index contributed by atoms with van der Waals surface area (Å²) in [6.07, 6.45) is 2.16. The first-order chi connectivity index (χ1) is 10.2. The van der Waals surface area contributed by atoms with Crippen molar-refractivity contribution in [2.75, 3.05) is 0 Å². The molecule has 4 nitrogen and oxygen atoms in total. The maximum Gasteiger partial charge on any atom is 0.494 e. The van der Waals surface area contributed by atoms with E-state index in [2.05, 4.69) is 0 Å². The van der Waals surface area contributed by atoms with Gasteiger partial charge in [0.25, 0.3) is 0 Å². The molecule has 1 aromatic rings. The molecule has 1 aliphatic carbocycles. The number of benzene rings is 1. The van der Waals surface area contributed by atoms with Crippen molar-refractivity contribution in [3.05, 3.63) is 29.8 Å². The molecule has 22 heavy (non-hydrogen) atoms. The Hall–Kier alpha value is -1.33. The molecule has 0 amide bonds. The molecule has 5 heteroatoms. The van der Waals surface area contributed by atoms with Gasteiger partial charge in [0.1, 0.15) is 0 Å². The number of rotatable bonds is 4. The van der Waals surface area contributed by atoms with Gasteiger partial charge >= 0.3 is 13.1 Å². The van der Waals surface area contributed by atoms with E-state index in [4.69, 9.17) is 9.31 Å². The van der Waals surface area contributed by atoms with E-state index in [-0.39, 0.29) is 18.3 Å². The van der Waals surface area contributed by atoms with Gasteiger partial charge in [0.05, 0.1) is 16.6 Å². The number of aliphatic carboxylic acids is 1. The number of hydrogen-bond donors (Lipinski definition) is 1.